The summed E-state index contributed by atoms with van der Waals surface area (Å²) < 4.78 is 0. The predicted molar refractivity (Wildman–Crippen MR) is 251 cm³/mol. The summed E-state index contributed by atoms with van der Waals surface area (Å²) in [5.74, 6) is -0.580. The molecule has 0 saturated heterocycles. The third-order valence-electron chi connectivity index (χ3n) is 12.5. The molecule has 0 rings (SSSR count). The van der Waals surface area contributed by atoms with E-state index >= 15 is 0 Å². The lowest BCUT2D eigenvalue weighted by Crippen LogP contribution is -2.53. The Morgan fingerprint density at radius 2 is 0.690 bits per heavy atom. The summed E-state index contributed by atoms with van der Waals surface area (Å²) in [4.78, 5) is 12.5. The molecule has 346 valence electrons. The maximum absolute atomic E-state index is 12.5. The van der Waals surface area contributed by atoms with Crippen molar-refractivity contribution in [2.24, 2.45) is 0 Å². The minimum Gasteiger partial charge on any atom is -0.394 e. The molecule has 0 aliphatic heterocycles. The zero-order valence-electron chi connectivity index (χ0n) is 39.1. The van der Waals surface area contributed by atoms with Crippen LogP contribution in [0.25, 0.3) is 0 Å². The van der Waals surface area contributed by atoms with Gasteiger partial charge in [0.1, 0.15) is 12.2 Å². The van der Waals surface area contributed by atoms with Crippen LogP contribution in [0, 0.1) is 0 Å². The molecule has 0 aliphatic carbocycles. The van der Waals surface area contributed by atoms with E-state index in [0.717, 1.165) is 38.5 Å². The fourth-order valence-electron chi connectivity index (χ4n) is 8.34. The third kappa shape index (κ3) is 40.5. The van der Waals surface area contributed by atoms with E-state index in [1.165, 1.54) is 218 Å². The number of nitrogens with one attached hydrogen (secondary N) is 1. The van der Waals surface area contributed by atoms with Crippen molar-refractivity contribution < 1.29 is 25.2 Å². The molecule has 5 N–H and O–H groups in total. The number of amides is 1. The fourth-order valence-corrected chi connectivity index (χ4v) is 8.34. The predicted octanol–water partition coefficient (Wildman–Crippen LogP) is 14.5. The molecular weight excluding hydrogens is 719 g/mol. The van der Waals surface area contributed by atoms with E-state index in [2.05, 4.69) is 31.3 Å². The first-order valence-electron chi connectivity index (χ1n) is 26.1. The molecule has 1 amide bonds. The van der Waals surface area contributed by atoms with E-state index in [0.29, 0.717) is 12.8 Å². The van der Waals surface area contributed by atoms with Crippen LogP contribution in [-0.4, -0.2) is 57.3 Å². The zero-order valence-corrected chi connectivity index (χ0v) is 39.1. The summed E-state index contributed by atoms with van der Waals surface area (Å²) in [5, 5.41) is 43.8. The van der Waals surface area contributed by atoms with Gasteiger partial charge >= 0.3 is 0 Å². The lowest BCUT2D eigenvalue weighted by Gasteiger charge is -2.27. The van der Waals surface area contributed by atoms with Crippen molar-refractivity contribution in [3.63, 3.8) is 0 Å². The average molecular weight is 822 g/mol. The molecule has 6 heteroatoms. The number of allylic oxidation sites excluding steroid dienone is 2. The number of aliphatic hydroxyl groups excluding tert-OH is 4. The van der Waals surface area contributed by atoms with Gasteiger partial charge in [-0.1, -0.05) is 257 Å². The largest absolute Gasteiger partial charge is 0.394 e. The number of carbonyl (C=O) groups excluding carboxylic acids is 1. The van der Waals surface area contributed by atoms with E-state index in [1.54, 1.807) is 0 Å². The molecule has 4 unspecified atom stereocenters. The van der Waals surface area contributed by atoms with Crippen LogP contribution in [0.1, 0.15) is 284 Å². The molecular formula is C52H103NO5. The highest BCUT2D eigenvalue weighted by Gasteiger charge is 2.28. The fraction of sp³-hybridized carbons (Fsp3) is 0.942. The van der Waals surface area contributed by atoms with Crippen LogP contribution in [0.3, 0.4) is 0 Å². The zero-order chi connectivity index (χ0) is 42.4. The molecule has 0 aromatic carbocycles. The van der Waals surface area contributed by atoms with Crippen molar-refractivity contribution in [3.8, 4) is 0 Å². The van der Waals surface area contributed by atoms with Gasteiger partial charge in [0.15, 0.2) is 0 Å². The lowest BCUT2D eigenvalue weighted by atomic mass is 9.99. The molecule has 4 atom stereocenters. The molecule has 0 fully saturated rings. The molecule has 0 spiro atoms. The maximum atomic E-state index is 12.5. The van der Waals surface area contributed by atoms with Crippen molar-refractivity contribution in [1.82, 2.24) is 5.32 Å². The number of aliphatic hydroxyl groups is 4. The normalized spacial score (nSPS) is 14.0. The number of unbranched alkanes of at least 4 members (excludes halogenated alkanes) is 37. The molecule has 0 aromatic heterocycles. The van der Waals surface area contributed by atoms with Gasteiger partial charge in [0.05, 0.1) is 18.8 Å². The first-order chi connectivity index (χ1) is 28.5. The second kappa shape index (κ2) is 47.1. The van der Waals surface area contributed by atoms with Gasteiger partial charge in [-0.15, -0.1) is 0 Å². The van der Waals surface area contributed by atoms with Gasteiger partial charge in [-0.2, -0.15) is 0 Å². The Morgan fingerprint density at radius 1 is 0.414 bits per heavy atom. The highest BCUT2D eigenvalue weighted by Crippen LogP contribution is 2.17. The molecule has 0 radical (unpaired) electrons. The summed E-state index contributed by atoms with van der Waals surface area (Å²) in [6.07, 6.45) is 54.2. The highest BCUT2D eigenvalue weighted by molar-refractivity contribution is 5.80. The number of carbonyl (C=O) groups is 1. The van der Waals surface area contributed by atoms with Crippen LogP contribution in [0.2, 0.25) is 0 Å². The minimum absolute atomic E-state index is 0.373. The standard InChI is InChI=1S/C52H103NO5/c1-3-5-7-9-11-13-15-17-18-19-20-21-22-23-24-25-26-27-28-29-30-31-32-33-34-36-38-40-42-44-46-50(56)52(58)53-48(47-54)51(57)49(55)45-43-41-39-37-35-16-14-12-10-8-6-4-2/h23-24,48-51,54-57H,3-22,25-47H2,1-2H3,(H,53,58)/b24-23-. The lowest BCUT2D eigenvalue weighted by molar-refractivity contribution is -0.132. The van der Waals surface area contributed by atoms with Gasteiger partial charge in [0, 0.05) is 0 Å². The first kappa shape index (κ1) is 57.1. The van der Waals surface area contributed by atoms with Gasteiger partial charge < -0.3 is 25.7 Å². The van der Waals surface area contributed by atoms with Crippen LogP contribution >= 0.6 is 0 Å². The highest BCUT2D eigenvalue weighted by atomic mass is 16.3. The summed E-state index contributed by atoms with van der Waals surface area (Å²) >= 11 is 0. The summed E-state index contributed by atoms with van der Waals surface area (Å²) in [7, 11) is 0. The van der Waals surface area contributed by atoms with Gasteiger partial charge in [0.2, 0.25) is 5.91 Å². The van der Waals surface area contributed by atoms with E-state index in [9.17, 15) is 25.2 Å². The van der Waals surface area contributed by atoms with Crippen LogP contribution in [0.15, 0.2) is 12.2 Å². The van der Waals surface area contributed by atoms with Crippen molar-refractivity contribution in [3.05, 3.63) is 12.2 Å². The van der Waals surface area contributed by atoms with Crippen molar-refractivity contribution in [2.45, 2.75) is 308 Å². The van der Waals surface area contributed by atoms with E-state index in [4.69, 9.17) is 0 Å². The van der Waals surface area contributed by atoms with Crippen LogP contribution in [-0.2, 0) is 4.79 Å². The number of rotatable bonds is 48. The first-order valence-corrected chi connectivity index (χ1v) is 26.1. The van der Waals surface area contributed by atoms with E-state index in [-0.39, 0.29) is 0 Å². The second-order valence-corrected chi connectivity index (χ2v) is 18.2. The maximum Gasteiger partial charge on any atom is 0.249 e. The Labute approximate surface area is 362 Å². The smallest absolute Gasteiger partial charge is 0.249 e. The molecule has 0 heterocycles. The summed E-state index contributed by atoms with van der Waals surface area (Å²) in [6, 6.07) is -0.981. The second-order valence-electron chi connectivity index (χ2n) is 18.2. The molecule has 0 aliphatic rings. The van der Waals surface area contributed by atoms with Gasteiger partial charge in [-0.3, -0.25) is 4.79 Å². The Balaban J connectivity index is 3.56. The third-order valence-corrected chi connectivity index (χ3v) is 12.5. The summed E-state index contributed by atoms with van der Waals surface area (Å²) in [5.41, 5.74) is 0. The van der Waals surface area contributed by atoms with Crippen molar-refractivity contribution in [1.29, 1.82) is 0 Å². The average Bonchev–Trinajstić information content (AvgIpc) is 3.23. The van der Waals surface area contributed by atoms with Crippen LogP contribution < -0.4 is 5.32 Å². The van der Waals surface area contributed by atoms with Crippen molar-refractivity contribution >= 4 is 5.91 Å². The SMILES string of the molecule is CCCCCCCCCCCCCC/C=C\CCCCCCCCCCCCCCCCC(O)C(=O)NC(CO)C(O)C(O)CCCCCCCCCCCCCC. The Hall–Kier alpha value is -0.950. The van der Waals surface area contributed by atoms with Gasteiger partial charge in [-0.25, -0.2) is 0 Å². The van der Waals surface area contributed by atoms with E-state index in [1.807, 2.05) is 0 Å². The van der Waals surface area contributed by atoms with E-state index < -0.39 is 36.9 Å². The number of hydrogen-bond acceptors (Lipinski definition) is 5. The van der Waals surface area contributed by atoms with Crippen molar-refractivity contribution in [2.75, 3.05) is 6.61 Å². The van der Waals surface area contributed by atoms with Crippen LogP contribution in [0.4, 0.5) is 0 Å². The molecule has 0 bridgehead atoms. The molecule has 6 nitrogen and oxygen atoms in total. The van der Waals surface area contributed by atoms with Crippen LogP contribution in [0.5, 0.6) is 0 Å². The number of hydrogen-bond donors (Lipinski definition) is 5. The van der Waals surface area contributed by atoms with Gasteiger partial charge in [0.25, 0.3) is 0 Å². The Kier molecular flexibility index (Phi) is 46.3. The quantitative estimate of drug-likeness (QED) is 0.0310. The molecule has 0 saturated carbocycles. The monoisotopic (exact) mass is 822 g/mol. The molecule has 0 aromatic rings. The minimum atomic E-state index is -1.25. The summed E-state index contributed by atoms with van der Waals surface area (Å²) in [6.45, 7) is 4.06. The topological polar surface area (TPSA) is 110 Å². The molecule has 58 heavy (non-hydrogen) atoms. The van der Waals surface area contributed by atoms with Gasteiger partial charge in [-0.05, 0) is 38.5 Å². The Bertz CT molecular complexity index is 837. The Morgan fingerprint density at radius 3 is 1.00 bits per heavy atom.